The van der Waals surface area contributed by atoms with Crippen LogP contribution in [0.3, 0.4) is 0 Å². The molecule has 166 valence electrons. The predicted molar refractivity (Wildman–Crippen MR) is 123 cm³/mol. The van der Waals surface area contributed by atoms with Gasteiger partial charge in [0.05, 0.1) is 23.7 Å². The van der Waals surface area contributed by atoms with Gasteiger partial charge in [-0.2, -0.15) is 0 Å². The number of carbonyl (C=O) groups excluding carboxylic acids is 3. The summed E-state index contributed by atoms with van der Waals surface area (Å²) in [6, 6.07) is 12.6. The highest BCUT2D eigenvalue weighted by Crippen LogP contribution is 2.22. The van der Waals surface area contributed by atoms with Crippen LogP contribution in [0.15, 0.2) is 42.5 Å². The summed E-state index contributed by atoms with van der Waals surface area (Å²) < 4.78 is 0. The van der Waals surface area contributed by atoms with Gasteiger partial charge >= 0.3 is 0 Å². The van der Waals surface area contributed by atoms with Gasteiger partial charge in [0.2, 0.25) is 11.8 Å². The normalized spacial score (nSPS) is 11.0. The van der Waals surface area contributed by atoms with Crippen molar-refractivity contribution in [1.29, 1.82) is 0 Å². The van der Waals surface area contributed by atoms with Crippen LogP contribution in [0.25, 0.3) is 0 Å². The van der Waals surface area contributed by atoms with Crippen molar-refractivity contribution in [1.82, 2.24) is 15.5 Å². The van der Waals surface area contributed by atoms with Crippen molar-refractivity contribution in [2.75, 3.05) is 20.1 Å². The highest BCUT2D eigenvalue weighted by Gasteiger charge is 2.15. The van der Waals surface area contributed by atoms with Crippen LogP contribution in [0.4, 0.5) is 0 Å². The molecule has 0 saturated carbocycles. The molecule has 2 N–H and O–H groups in total. The number of nitrogens with zero attached hydrogens (tertiary/aromatic N) is 1. The van der Waals surface area contributed by atoms with Crippen molar-refractivity contribution >= 4 is 40.9 Å². The van der Waals surface area contributed by atoms with Crippen molar-refractivity contribution in [2.24, 2.45) is 0 Å². The van der Waals surface area contributed by atoms with E-state index in [1.54, 1.807) is 11.9 Å². The summed E-state index contributed by atoms with van der Waals surface area (Å²) in [7, 11) is 1.68. The smallest absolute Gasteiger partial charge is 0.253 e. The van der Waals surface area contributed by atoms with Crippen molar-refractivity contribution in [3.63, 3.8) is 0 Å². The maximum atomic E-state index is 12.3. The maximum Gasteiger partial charge on any atom is 0.253 e. The second-order valence-electron chi connectivity index (χ2n) is 8.28. The number of rotatable bonds is 7. The van der Waals surface area contributed by atoms with Gasteiger partial charge in [0.15, 0.2) is 0 Å². The molecule has 0 heterocycles. The molecule has 2 rings (SSSR count). The molecular formula is C23H27Cl2N3O3. The molecule has 0 radical (unpaired) electrons. The molecule has 0 bridgehead atoms. The third kappa shape index (κ3) is 7.56. The first-order valence-corrected chi connectivity index (χ1v) is 10.6. The van der Waals surface area contributed by atoms with E-state index in [9.17, 15) is 14.4 Å². The Balaban J connectivity index is 1.78. The predicted octanol–water partition coefficient (Wildman–Crippen LogP) is 3.80. The Morgan fingerprint density at radius 2 is 1.58 bits per heavy atom. The van der Waals surface area contributed by atoms with Gasteiger partial charge < -0.3 is 15.5 Å². The molecule has 3 amide bonds. The number of likely N-dealkylation sites (N-methyl/N-ethyl adjacent to an activating group) is 1. The number of amides is 3. The molecule has 2 aromatic carbocycles. The molecule has 0 aliphatic carbocycles. The van der Waals surface area contributed by atoms with E-state index in [1.807, 2.05) is 12.1 Å². The minimum absolute atomic E-state index is 0.0683. The lowest BCUT2D eigenvalue weighted by Gasteiger charge is -2.21. The molecule has 0 unspecified atom stereocenters. The number of benzene rings is 2. The quantitative estimate of drug-likeness (QED) is 0.655. The average molecular weight is 464 g/mol. The summed E-state index contributed by atoms with van der Waals surface area (Å²) in [5.41, 5.74) is 2.51. The second kappa shape index (κ2) is 10.6. The van der Waals surface area contributed by atoms with Gasteiger partial charge in [-0.15, -0.1) is 0 Å². The Bertz CT molecular complexity index is 954. The molecular weight excluding hydrogens is 437 g/mol. The van der Waals surface area contributed by atoms with Crippen molar-refractivity contribution in [2.45, 2.75) is 32.7 Å². The van der Waals surface area contributed by atoms with E-state index < -0.39 is 11.8 Å². The van der Waals surface area contributed by atoms with E-state index in [2.05, 4.69) is 43.5 Å². The van der Waals surface area contributed by atoms with Crippen LogP contribution in [-0.4, -0.2) is 42.8 Å². The van der Waals surface area contributed by atoms with Gasteiger partial charge in [0.1, 0.15) is 0 Å². The monoisotopic (exact) mass is 463 g/mol. The minimum Gasteiger partial charge on any atom is -0.345 e. The number of nitrogens with one attached hydrogen (secondary N) is 2. The SMILES string of the molecule is CN(Cc1ccc(C(C)(C)C)cc1)C(=O)CNC(=O)CNC(=O)c1ccc(Cl)cc1Cl. The van der Waals surface area contributed by atoms with Gasteiger partial charge in [-0.25, -0.2) is 0 Å². The first-order valence-electron chi connectivity index (χ1n) is 9.80. The summed E-state index contributed by atoms with van der Waals surface area (Å²) in [5, 5.41) is 5.58. The molecule has 0 fully saturated rings. The maximum absolute atomic E-state index is 12.3. The van der Waals surface area contributed by atoms with Crippen LogP contribution in [-0.2, 0) is 21.5 Å². The molecule has 0 aliphatic heterocycles. The molecule has 31 heavy (non-hydrogen) atoms. The minimum atomic E-state index is -0.501. The van der Waals surface area contributed by atoms with Gasteiger partial charge in [-0.3, -0.25) is 14.4 Å². The van der Waals surface area contributed by atoms with E-state index in [1.165, 1.54) is 23.8 Å². The van der Waals surface area contributed by atoms with Crippen LogP contribution >= 0.6 is 23.2 Å². The zero-order valence-electron chi connectivity index (χ0n) is 18.1. The molecule has 2 aromatic rings. The largest absolute Gasteiger partial charge is 0.345 e. The third-order valence-corrected chi connectivity index (χ3v) is 5.24. The Morgan fingerprint density at radius 1 is 0.935 bits per heavy atom. The number of hydrogen-bond acceptors (Lipinski definition) is 3. The Morgan fingerprint density at radius 3 is 2.16 bits per heavy atom. The zero-order chi connectivity index (χ0) is 23.2. The first-order chi connectivity index (χ1) is 14.5. The summed E-state index contributed by atoms with van der Waals surface area (Å²) in [6.45, 7) is 6.44. The molecule has 0 aliphatic rings. The molecule has 8 heteroatoms. The lowest BCUT2D eigenvalue weighted by atomic mass is 9.87. The van der Waals surface area contributed by atoms with Crippen LogP contribution in [0.2, 0.25) is 10.0 Å². The first kappa shape index (κ1) is 24.7. The number of carbonyl (C=O) groups is 3. The van der Waals surface area contributed by atoms with E-state index >= 15 is 0 Å². The highest BCUT2D eigenvalue weighted by molar-refractivity contribution is 6.36. The standard InChI is InChI=1S/C23H27Cl2N3O3/c1-23(2,3)16-7-5-15(6-8-16)14-28(4)21(30)13-26-20(29)12-27-22(31)18-10-9-17(24)11-19(18)25/h5-11H,12-14H2,1-4H3,(H,26,29)(H,27,31). The lowest BCUT2D eigenvalue weighted by Crippen LogP contribution is -2.42. The topological polar surface area (TPSA) is 78.5 Å². The number of hydrogen-bond donors (Lipinski definition) is 2. The van der Waals surface area contributed by atoms with Gasteiger partial charge in [0.25, 0.3) is 5.91 Å². The summed E-state index contributed by atoms with van der Waals surface area (Å²) >= 11 is 11.8. The van der Waals surface area contributed by atoms with E-state index in [-0.39, 0.29) is 35.0 Å². The average Bonchev–Trinajstić information content (AvgIpc) is 2.69. The molecule has 0 saturated heterocycles. The molecule has 0 atom stereocenters. The van der Waals surface area contributed by atoms with Gasteiger partial charge in [-0.1, -0.05) is 68.2 Å². The molecule has 6 nitrogen and oxygen atoms in total. The lowest BCUT2D eigenvalue weighted by molar-refractivity contribution is -0.132. The van der Waals surface area contributed by atoms with Crippen molar-refractivity contribution in [3.05, 3.63) is 69.2 Å². The Labute approximate surface area is 192 Å². The second-order valence-corrected chi connectivity index (χ2v) is 9.12. The highest BCUT2D eigenvalue weighted by atomic mass is 35.5. The van der Waals surface area contributed by atoms with Crippen LogP contribution < -0.4 is 10.6 Å². The van der Waals surface area contributed by atoms with Crippen LogP contribution in [0, 0.1) is 0 Å². The van der Waals surface area contributed by atoms with Gasteiger partial charge in [-0.05, 0) is 34.7 Å². The fourth-order valence-electron chi connectivity index (χ4n) is 2.77. The fraction of sp³-hybridized carbons (Fsp3) is 0.348. The van der Waals surface area contributed by atoms with Crippen LogP contribution in [0.5, 0.6) is 0 Å². The van der Waals surface area contributed by atoms with Crippen molar-refractivity contribution < 1.29 is 14.4 Å². The van der Waals surface area contributed by atoms with E-state index in [0.717, 1.165) is 5.56 Å². The van der Waals surface area contributed by atoms with E-state index in [4.69, 9.17) is 23.2 Å². The van der Waals surface area contributed by atoms with E-state index in [0.29, 0.717) is 11.6 Å². The van der Waals surface area contributed by atoms with Crippen molar-refractivity contribution in [3.8, 4) is 0 Å². The van der Waals surface area contributed by atoms with Gasteiger partial charge in [0, 0.05) is 18.6 Å². The summed E-state index contributed by atoms with van der Waals surface area (Å²) in [6.07, 6.45) is 0. The fourth-order valence-corrected chi connectivity index (χ4v) is 3.27. The Hall–Kier alpha value is -2.57. The molecule has 0 spiro atoms. The summed E-state index contributed by atoms with van der Waals surface area (Å²) in [5.74, 6) is -1.21. The number of halogens is 2. The Kier molecular flexibility index (Phi) is 8.48. The third-order valence-electron chi connectivity index (χ3n) is 4.69. The van der Waals surface area contributed by atoms with Crippen LogP contribution in [0.1, 0.15) is 42.3 Å². The zero-order valence-corrected chi connectivity index (χ0v) is 19.6. The summed E-state index contributed by atoms with van der Waals surface area (Å²) in [4.78, 5) is 38.0. The molecule has 0 aromatic heterocycles.